The Morgan fingerprint density at radius 3 is 2.77 bits per heavy atom. The zero-order valence-electron chi connectivity index (χ0n) is 17.1. The number of carbonyl (C=O) groups is 1. The minimum atomic E-state index is -3.96. The molecule has 1 saturated carbocycles. The number of ether oxygens (including phenoxy) is 3. The molecule has 1 aromatic rings. The lowest BCUT2D eigenvalue weighted by molar-refractivity contribution is -0.152. The van der Waals surface area contributed by atoms with Gasteiger partial charge in [0.2, 0.25) is 0 Å². The molecule has 172 valence electrons. The molecule has 0 amide bonds. The Balaban J connectivity index is 1.35. The van der Waals surface area contributed by atoms with Gasteiger partial charge in [-0.3, -0.25) is 27.9 Å². The molecule has 3 fully saturated rings. The zero-order valence-corrected chi connectivity index (χ0v) is 18.0. The van der Waals surface area contributed by atoms with Gasteiger partial charge >= 0.3 is 19.5 Å². The van der Waals surface area contributed by atoms with Crippen molar-refractivity contribution in [3.8, 4) is 0 Å². The average molecular weight is 461 g/mol. The first-order chi connectivity index (χ1) is 14.5. The summed E-state index contributed by atoms with van der Waals surface area (Å²) in [5, 5.41) is 0. The number of nitrogens with one attached hydrogen (secondary N) is 1. The van der Waals surface area contributed by atoms with Crippen LogP contribution in [0, 0.1) is 0 Å². The molecular formula is C17H24N3O10P. The van der Waals surface area contributed by atoms with Gasteiger partial charge in [-0.1, -0.05) is 0 Å². The van der Waals surface area contributed by atoms with E-state index in [9.17, 15) is 18.9 Å². The van der Waals surface area contributed by atoms with Crippen molar-refractivity contribution in [1.82, 2.24) is 9.55 Å². The van der Waals surface area contributed by atoms with E-state index >= 15 is 0 Å². The quantitative estimate of drug-likeness (QED) is 0.288. The van der Waals surface area contributed by atoms with Crippen LogP contribution in [0.1, 0.15) is 27.0 Å². The van der Waals surface area contributed by atoms with Gasteiger partial charge in [0.15, 0.2) is 11.8 Å². The van der Waals surface area contributed by atoms with Crippen molar-refractivity contribution in [3.63, 3.8) is 0 Å². The second kappa shape index (κ2) is 7.62. The number of carbonyl (C=O) groups excluding carboxylic acids is 1. The topological polar surface area (TPSA) is 170 Å². The summed E-state index contributed by atoms with van der Waals surface area (Å²) in [5.41, 5.74) is 2.61. The molecular weight excluding hydrogens is 437 g/mol. The number of H-pyrrole nitrogens is 1. The standard InChI is InChI=1S/C17H24N3O10P/c1-9(2)27-11(22)8-25-6-7-26-31(24)29-13-12-17(13,30-31)16(3,18)14(28-12)20-5-4-10(21)19-15(20)23/h4-5,9,12-14H,6-8,18H2,1-3H3,(H,19,21,23)/t12-,13?,14-,16+,17+,31-/m1/s1. The maximum Gasteiger partial charge on any atom is 0.476 e. The van der Waals surface area contributed by atoms with Crippen molar-refractivity contribution in [2.24, 2.45) is 5.73 Å². The molecule has 3 N–H and O–H groups in total. The summed E-state index contributed by atoms with van der Waals surface area (Å²) in [6.45, 7) is 4.54. The normalized spacial score (nSPS) is 38.2. The molecule has 0 aromatic carbocycles. The van der Waals surface area contributed by atoms with E-state index in [1.807, 2.05) is 0 Å². The number of hydrogen-bond donors (Lipinski definition) is 2. The van der Waals surface area contributed by atoms with Crippen LogP contribution in [0.25, 0.3) is 0 Å². The average Bonchev–Trinajstić information content (AvgIpc) is 2.97. The molecule has 1 unspecified atom stereocenters. The highest BCUT2D eigenvalue weighted by atomic mass is 31.2. The van der Waals surface area contributed by atoms with Crippen molar-refractivity contribution in [2.45, 2.75) is 56.5 Å². The fourth-order valence-electron chi connectivity index (χ4n) is 3.93. The summed E-state index contributed by atoms with van der Waals surface area (Å²) < 4.78 is 46.2. The van der Waals surface area contributed by atoms with E-state index in [1.54, 1.807) is 20.8 Å². The smallest absolute Gasteiger partial charge is 0.461 e. The van der Waals surface area contributed by atoms with Crippen LogP contribution < -0.4 is 17.0 Å². The van der Waals surface area contributed by atoms with Crippen LogP contribution in [0.4, 0.5) is 0 Å². The van der Waals surface area contributed by atoms with Crippen LogP contribution in [-0.4, -0.2) is 64.8 Å². The van der Waals surface area contributed by atoms with Gasteiger partial charge in [0.25, 0.3) is 5.56 Å². The molecule has 3 heterocycles. The number of hydrogen-bond acceptors (Lipinski definition) is 11. The summed E-state index contributed by atoms with van der Waals surface area (Å²) >= 11 is 0. The maximum atomic E-state index is 12.8. The zero-order chi connectivity index (χ0) is 22.6. The Bertz CT molecular complexity index is 1040. The predicted octanol–water partition coefficient (Wildman–Crippen LogP) is -0.588. The van der Waals surface area contributed by atoms with Crippen LogP contribution in [0.5, 0.6) is 0 Å². The summed E-state index contributed by atoms with van der Waals surface area (Å²) in [6.07, 6.45) is -1.36. The largest absolute Gasteiger partial charge is 0.476 e. The Morgan fingerprint density at radius 2 is 2.10 bits per heavy atom. The van der Waals surface area contributed by atoms with Crippen LogP contribution in [-0.2, 0) is 37.1 Å². The third-order valence-electron chi connectivity index (χ3n) is 5.32. The van der Waals surface area contributed by atoms with E-state index in [1.165, 1.54) is 6.20 Å². The highest BCUT2D eigenvalue weighted by Gasteiger charge is 2.89. The molecule has 0 bridgehead atoms. The Hall–Kier alpha value is -1.86. The molecule has 31 heavy (non-hydrogen) atoms. The summed E-state index contributed by atoms with van der Waals surface area (Å²) in [6, 6.07) is 1.16. The molecule has 3 aliphatic rings. The number of nitrogens with two attached hydrogens (primary N) is 1. The van der Waals surface area contributed by atoms with Crippen molar-refractivity contribution < 1.29 is 37.1 Å². The van der Waals surface area contributed by atoms with Gasteiger partial charge in [0.1, 0.15) is 18.8 Å². The molecule has 1 spiro atoms. The first kappa shape index (κ1) is 22.3. The molecule has 1 aliphatic carbocycles. The van der Waals surface area contributed by atoms with Gasteiger partial charge in [0.05, 0.1) is 24.9 Å². The number of phosphoric ester groups is 1. The predicted molar refractivity (Wildman–Crippen MR) is 102 cm³/mol. The second-order valence-corrected chi connectivity index (χ2v) is 9.54. The van der Waals surface area contributed by atoms with Gasteiger partial charge in [0, 0.05) is 12.3 Å². The SMILES string of the molecule is CC(C)OC(=O)COCCO[P@]1(=O)OC2[C@H]3O[C@@H](n4ccc(=O)[nH]c4=O)[C@](C)(N)[C@@]23O1. The first-order valence-electron chi connectivity index (χ1n) is 9.67. The van der Waals surface area contributed by atoms with E-state index < -0.39 is 54.6 Å². The van der Waals surface area contributed by atoms with E-state index in [4.69, 9.17) is 33.5 Å². The molecule has 14 heteroatoms. The number of phosphoric acid groups is 1. The number of rotatable bonds is 8. The monoisotopic (exact) mass is 461 g/mol. The van der Waals surface area contributed by atoms with Crippen molar-refractivity contribution in [2.75, 3.05) is 19.8 Å². The fraction of sp³-hybridized carbons (Fsp3) is 0.706. The minimum Gasteiger partial charge on any atom is -0.461 e. The fourth-order valence-corrected chi connectivity index (χ4v) is 5.70. The molecule has 2 aliphatic heterocycles. The Kier molecular flexibility index (Phi) is 5.49. The van der Waals surface area contributed by atoms with Crippen LogP contribution >= 0.6 is 7.82 Å². The van der Waals surface area contributed by atoms with Gasteiger partial charge in [-0.2, -0.15) is 0 Å². The summed E-state index contributed by atoms with van der Waals surface area (Å²) in [4.78, 5) is 37.0. The van der Waals surface area contributed by atoms with Crippen LogP contribution in [0.15, 0.2) is 21.9 Å². The number of nitrogens with zero attached hydrogens (tertiary/aromatic N) is 1. The van der Waals surface area contributed by atoms with E-state index in [-0.39, 0.29) is 25.9 Å². The number of fused-ring (bicyclic) bond motifs is 1. The molecule has 0 radical (unpaired) electrons. The lowest BCUT2D eigenvalue weighted by Gasteiger charge is -2.33. The molecule has 2 saturated heterocycles. The Morgan fingerprint density at radius 1 is 1.35 bits per heavy atom. The van der Waals surface area contributed by atoms with Gasteiger partial charge in [-0.05, 0) is 20.8 Å². The first-order valence-corrected chi connectivity index (χ1v) is 11.1. The highest BCUT2D eigenvalue weighted by Crippen LogP contribution is 2.76. The summed E-state index contributed by atoms with van der Waals surface area (Å²) in [7, 11) is -3.96. The number of esters is 1. The molecule has 1 aromatic heterocycles. The molecule has 13 nitrogen and oxygen atoms in total. The molecule has 6 atom stereocenters. The van der Waals surface area contributed by atoms with Crippen LogP contribution in [0.2, 0.25) is 0 Å². The lowest BCUT2D eigenvalue weighted by Crippen LogP contribution is -2.57. The maximum absolute atomic E-state index is 12.8. The number of aromatic nitrogens is 2. The van der Waals surface area contributed by atoms with Gasteiger partial charge in [-0.15, -0.1) is 0 Å². The summed E-state index contributed by atoms with van der Waals surface area (Å²) in [5.74, 6) is -0.525. The van der Waals surface area contributed by atoms with Crippen molar-refractivity contribution in [1.29, 1.82) is 0 Å². The van der Waals surface area contributed by atoms with Crippen LogP contribution in [0.3, 0.4) is 0 Å². The number of aromatic amines is 1. The lowest BCUT2D eigenvalue weighted by atomic mass is 9.92. The third kappa shape index (κ3) is 3.69. The third-order valence-corrected chi connectivity index (χ3v) is 6.82. The van der Waals surface area contributed by atoms with E-state index in [2.05, 4.69) is 4.98 Å². The van der Waals surface area contributed by atoms with Gasteiger partial charge < -0.3 is 19.9 Å². The highest BCUT2D eigenvalue weighted by molar-refractivity contribution is 7.48. The van der Waals surface area contributed by atoms with Crippen molar-refractivity contribution in [3.05, 3.63) is 33.1 Å². The van der Waals surface area contributed by atoms with E-state index in [0.29, 0.717) is 0 Å². The van der Waals surface area contributed by atoms with Crippen molar-refractivity contribution >= 4 is 13.8 Å². The van der Waals surface area contributed by atoms with E-state index in [0.717, 1.165) is 10.6 Å². The molecule has 4 rings (SSSR count). The minimum absolute atomic E-state index is 0.0449. The second-order valence-electron chi connectivity index (χ2n) is 7.99. The Labute approximate surface area is 176 Å². The van der Waals surface area contributed by atoms with Gasteiger partial charge in [-0.25, -0.2) is 14.2 Å².